The molecule has 1 atom stereocenters. The minimum atomic E-state index is -4.38. The van der Waals surface area contributed by atoms with Crippen molar-refractivity contribution in [1.82, 2.24) is 0 Å². The molecule has 0 amide bonds. The first-order valence-corrected chi connectivity index (χ1v) is 11.7. The molecule has 0 aromatic rings. The van der Waals surface area contributed by atoms with Gasteiger partial charge in [0, 0.05) is 0 Å². The number of hydrogen-bond donors (Lipinski definition) is 2. The van der Waals surface area contributed by atoms with Crippen LogP contribution in [-0.2, 0) is 9.09 Å². The average molecular weight is 365 g/mol. The smallest absolute Gasteiger partial charge is 0.303 e. The van der Waals surface area contributed by atoms with Gasteiger partial charge in [0.2, 0.25) is 0 Å². The Morgan fingerprint density at radius 2 is 1.12 bits per heavy atom. The molecule has 0 aliphatic rings. The van der Waals surface area contributed by atoms with E-state index in [2.05, 4.69) is 13.8 Å². The normalized spacial score (nSPS) is 13.6. The van der Waals surface area contributed by atoms with Crippen LogP contribution in [0.15, 0.2) is 0 Å². The number of hydrogen-bond acceptors (Lipinski definition) is 2. The van der Waals surface area contributed by atoms with Crippen LogP contribution >= 0.6 is 7.82 Å². The van der Waals surface area contributed by atoms with E-state index in [4.69, 9.17) is 14.3 Å². The summed E-state index contributed by atoms with van der Waals surface area (Å²) in [5.74, 6) is 0.259. The van der Waals surface area contributed by atoms with Crippen molar-refractivity contribution in [1.29, 1.82) is 0 Å². The molecule has 0 fully saturated rings. The second-order valence-corrected chi connectivity index (χ2v) is 8.37. The van der Waals surface area contributed by atoms with Crippen molar-refractivity contribution in [2.75, 3.05) is 0 Å². The average Bonchev–Trinajstić information content (AvgIpc) is 2.50. The minimum absolute atomic E-state index is 0.259. The molecule has 1 unspecified atom stereocenters. The van der Waals surface area contributed by atoms with Crippen LogP contribution < -0.4 is 0 Å². The molecule has 0 heterocycles. The lowest BCUT2D eigenvalue weighted by molar-refractivity contribution is 0.0907. The number of phosphoric ester groups is 1. The quantitative estimate of drug-likeness (QED) is 0.225. The van der Waals surface area contributed by atoms with Crippen molar-refractivity contribution >= 4 is 7.82 Å². The SMILES string of the molecule is CCCCCCCCC(CCCCCCCC)C(C)OP(=O)(O)O. The van der Waals surface area contributed by atoms with E-state index in [1.165, 1.54) is 64.2 Å². The van der Waals surface area contributed by atoms with E-state index in [9.17, 15) is 4.57 Å². The predicted molar refractivity (Wildman–Crippen MR) is 102 cm³/mol. The summed E-state index contributed by atoms with van der Waals surface area (Å²) < 4.78 is 16.1. The summed E-state index contributed by atoms with van der Waals surface area (Å²) in [5.41, 5.74) is 0. The molecular weight excluding hydrogens is 323 g/mol. The topological polar surface area (TPSA) is 66.8 Å². The fourth-order valence-electron chi connectivity index (χ4n) is 3.29. The molecule has 146 valence electrons. The number of phosphoric acid groups is 1. The standard InChI is InChI=1S/C19H41O4P/c1-4-6-8-10-12-14-16-19(18(3)23-24(20,21)22)17-15-13-11-9-7-5-2/h18-19H,4-17H2,1-3H3,(H2,20,21,22). The molecular formula is C19H41O4P. The maximum atomic E-state index is 11.1. The lowest BCUT2D eigenvalue weighted by Crippen LogP contribution is -2.20. The maximum absolute atomic E-state index is 11.1. The fraction of sp³-hybridized carbons (Fsp3) is 1.00. The summed E-state index contributed by atoms with van der Waals surface area (Å²) >= 11 is 0. The van der Waals surface area contributed by atoms with Crippen molar-refractivity contribution in [2.24, 2.45) is 5.92 Å². The first kappa shape index (κ1) is 24.1. The molecule has 0 radical (unpaired) electrons. The second-order valence-electron chi connectivity index (χ2n) is 7.17. The van der Waals surface area contributed by atoms with Crippen molar-refractivity contribution in [3.05, 3.63) is 0 Å². The summed E-state index contributed by atoms with van der Waals surface area (Å²) in [4.78, 5) is 18.1. The molecule has 0 aromatic heterocycles. The van der Waals surface area contributed by atoms with Crippen LogP contribution in [-0.4, -0.2) is 15.9 Å². The zero-order chi connectivity index (χ0) is 18.3. The molecule has 0 saturated carbocycles. The van der Waals surface area contributed by atoms with Crippen LogP contribution in [0.25, 0.3) is 0 Å². The highest BCUT2D eigenvalue weighted by molar-refractivity contribution is 7.46. The molecule has 0 aliphatic carbocycles. The summed E-state index contributed by atoms with van der Waals surface area (Å²) in [6, 6.07) is 0. The Bertz CT molecular complexity index is 300. The van der Waals surface area contributed by atoms with Gasteiger partial charge in [0.05, 0.1) is 6.10 Å². The Morgan fingerprint density at radius 1 is 0.750 bits per heavy atom. The molecule has 0 aliphatic heterocycles. The van der Waals surface area contributed by atoms with Crippen LogP contribution in [0, 0.1) is 5.92 Å². The van der Waals surface area contributed by atoms with Gasteiger partial charge in [0.25, 0.3) is 0 Å². The van der Waals surface area contributed by atoms with E-state index in [0.717, 1.165) is 25.7 Å². The van der Waals surface area contributed by atoms with Gasteiger partial charge in [-0.15, -0.1) is 0 Å². The highest BCUT2D eigenvalue weighted by Crippen LogP contribution is 2.40. The fourth-order valence-corrected chi connectivity index (χ4v) is 3.90. The molecule has 24 heavy (non-hydrogen) atoms. The van der Waals surface area contributed by atoms with Crippen LogP contribution in [0.1, 0.15) is 111 Å². The molecule has 0 aromatic carbocycles. The van der Waals surface area contributed by atoms with Crippen molar-refractivity contribution < 1.29 is 18.9 Å². The van der Waals surface area contributed by atoms with Crippen molar-refractivity contribution in [3.63, 3.8) is 0 Å². The van der Waals surface area contributed by atoms with Crippen LogP contribution in [0.2, 0.25) is 0 Å². The van der Waals surface area contributed by atoms with Gasteiger partial charge >= 0.3 is 7.82 Å². The third kappa shape index (κ3) is 15.6. The lowest BCUT2D eigenvalue weighted by Gasteiger charge is -2.24. The van der Waals surface area contributed by atoms with Gasteiger partial charge in [-0.05, 0) is 25.7 Å². The van der Waals surface area contributed by atoms with Crippen LogP contribution in [0.4, 0.5) is 0 Å². The van der Waals surface area contributed by atoms with E-state index < -0.39 is 7.82 Å². The van der Waals surface area contributed by atoms with E-state index >= 15 is 0 Å². The van der Waals surface area contributed by atoms with Crippen LogP contribution in [0.5, 0.6) is 0 Å². The Labute approximate surface area is 150 Å². The highest BCUT2D eigenvalue weighted by atomic mass is 31.2. The van der Waals surface area contributed by atoms with Gasteiger partial charge in [-0.25, -0.2) is 4.57 Å². The zero-order valence-corrected chi connectivity index (χ0v) is 17.1. The summed E-state index contributed by atoms with van der Waals surface area (Å²) in [5, 5.41) is 0. The third-order valence-corrected chi connectivity index (χ3v) is 5.43. The number of unbranched alkanes of at least 4 members (excludes halogenated alkanes) is 10. The third-order valence-electron chi connectivity index (χ3n) is 4.82. The Morgan fingerprint density at radius 3 is 1.50 bits per heavy atom. The first-order valence-electron chi connectivity index (χ1n) is 10.1. The Balaban J connectivity index is 4.11. The van der Waals surface area contributed by atoms with Gasteiger partial charge in [-0.3, -0.25) is 4.52 Å². The minimum Gasteiger partial charge on any atom is -0.303 e. The lowest BCUT2D eigenvalue weighted by atomic mass is 9.90. The molecule has 5 heteroatoms. The molecule has 2 N–H and O–H groups in total. The molecule has 0 bridgehead atoms. The molecule has 0 spiro atoms. The van der Waals surface area contributed by atoms with Crippen molar-refractivity contribution in [2.45, 2.75) is 117 Å². The van der Waals surface area contributed by atoms with Gasteiger partial charge < -0.3 is 9.79 Å². The molecule has 0 saturated heterocycles. The van der Waals surface area contributed by atoms with Crippen molar-refractivity contribution in [3.8, 4) is 0 Å². The van der Waals surface area contributed by atoms with Gasteiger partial charge in [-0.1, -0.05) is 90.9 Å². The Hall–Kier alpha value is 0.110. The van der Waals surface area contributed by atoms with Gasteiger partial charge in [0.15, 0.2) is 0 Å². The second kappa shape index (κ2) is 15.4. The summed E-state index contributed by atoms with van der Waals surface area (Å²) in [6.45, 7) is 6.26. The van der Waals surface area contributed by atoms with Gasteiger partial charge in [-0.2, -0.15) is 0 Å². The van der Waals surface area contributed by atoms with E-state index in [1.807, 2.05) is 6.92 Å². The van der Waals surface area contributed by atoms with E-state index in [-0.39, 0.29) is 12.0 Å². The largest absolute Gasteiger partial charge is 0.469 e. The summed E-state index contributed by atoms with van der Waals surface area (Å²) in [6.07, 6.45) is 16.6. The molecule has 4 nitrogen and oxygen atoms in total. The van der Waals surface area contributed by atoms with Gasteiger partial charge in [0.1, 0.15) is 0 Å². The summed E-state index contributed by atoms with van der Waals surface area (Å²) in [7, 11) is -4.38. The predicted octanol–water partition coefficient (Wildman–Crippen LogP) is 6.60. The van der Waals surface area contributed by atoms with E-state index in [1.54, 1.807) is 0 Å². The number of rotatable bonds is 17. The highest BCUT2D eigenvalue weighted by Gasteiger charge is 2.25. The first-order chi connectivity index (χ1) is 11.4. The molecule has 0 rings (SSSR count). The monoisotopic (exact) mass is 364 g/mol. The van der Waals surface area contributed by atoms with E-state index in [0.29, 0.717) is 0 Å². The zero-order valence-electron chi connectivity index (χ0n) is 16.2. The Kier molecular flexibility index (Phi) is 15.4. The van der Waals surface area contributed by atoms with Crippen LogP contribution in [0.3, 0.4) is 0 Å². The maximum Gasteiger partial charge on any atom is 0.469 e.